The second kappa shape index (κ2) is 6.89. The average Bonchev–Trinajstić information content (AvgIpc) is 2.39. The molecular formula is C12H17FN2O4. The number of nitro groups is 1. The van der Waals surface area contributed by atoms with E-state index in [-0.39, 0.29) is 24.1 Å². The van der Waals surface area contributed by atoms with Crippen LogP contribution in [0.4, 0.5) is 15.8 Å². The molecule has 0 amide bonds. The molecule has 19 heavy (non-hydrogen) atoms. The van der Waals surface area contributed by atoms with Crippen molar-refractivity contribution in [2.45, 2.75) is 25.8 Å². The van der Waals surface area contributed by atoms with Crippen molar-refractivity contribution in [1.29, 1.82) is 0 Å². The van der Waals surface area contributed by atoms with E-state index in [2.05, 4.69) is 5.32 Å². The number of rotatable bonds is 7. The zero-order chi connectivity index (χ0) is 14.4. The Morgan fingerprint density at radius 1 is 1.58 bits per heavy atom. The van der Waals surface area contributed by atoms with Gasteiger partial charge in [-0.15, -0.1) is 0 Å². The van der Waals surface area contributed by atoms with Gasteiger partial charge in [0.25, 0.3) is 0 Å². The third kappa shape index (κ3) is 3.78. The van der Waals surface area contributed by atoms with Crippen molar-refractivity contribution >= 4 is 11.4 Å². The Balaban J connectivity index is 3.05. The second-order valence-electron chi connectivity index (χ2n) is 4.02. The molecule has 1 unspecified atom stereocenters. The van der Waals surface area contributed by atoms with Crippen LogP contribution in [0.3, 0.4) is 0 Å². The van der Waals surface area contributed by atoms with Crippen LogP contribution in [0.1, 0.15) is 19.8 Å². The molecule has 0 heterocycles. The first-order chi connectivity index (χ1) is 9.03. The number of aliphatic hydroxyl groups excluding tert-OH is 1. The molecule has 0 spiro atoms. The van der Waals surface area contributed by atoms with Crippen molar-refractivity contribution in [1.82, 2.24) is 0 Å². The molecule has 2 N–H and O–H groups in total. The summed E-state index contributed by atoms with van der Waals surface area (Å²) >= 11 is 0. The monoisotopic (exact) mass is 272 g/mol. The number of nitrogens with zero attached hydrogens (tertiary/aromatic N) is 1. The van der Waals surface area contributed by atoms with Crippen LogP contribution in [0, 0.1) is 15.9 Å². The minimum absolute atomic E-state index is 0.00671. The molecule has 0 aliphatic rings. The molecule has 0 radical (unpaired) electrons. The van der Waals surface area contributed by atoms with E-state index in [9.17, 15) is 14.5 Å². The lowest BCUT2D eigenvalue weighted by molar-refractivity contribution is -0.385. The van der Waals surface area contributed by atoms with Crippen LogP contribution in [0.15, 0.2) is 12.1 Å². The molecule has 0 saturated carbocycles. The predicted octanol–water partition coefficient (Wildman–Crippen LogP) is 2.32. The lowest BCUT2D eigenvalue weighted by atomic mass is 10.1. The van der Waals surface area contributed by atoms with Gasteiger partial charge < -0.3 is 15.2 Å². The number of halogens is 1. The maximum Gasteiger partial charge on any atom is 0.313 e. The van der Waals surface area contributed by atoms with Crippen molar-refractivity contribution in [3.8, 4) is 5.75 Å². The fourth-order valence-electron chi connectivity index (χ4n) is 1.71. The van der Waals surface area contributed by atoms with Gasteiger partial charge in [0.05, 0.1) is 23.8 Å². The second-order valence-corrected chi connectivity index (χ2v) is 4.02. The number of aliphatic hydroxyl groups is 1. The highest BCUT2D eigenvalue weighted by atomic mass is 19.1. The molecule has 0 aliphatic heterocycles. The molecule has 0 bridgehead atoms. The molecule has 0 aromatic heterocycles. The minimum Gasteiger partial charge on any atom is -0.490 e. The Bertz CT molecular complexity index is 454. The van der Waals surface area contributed by atoms with Crippen molar-refractivity contribution in [2.24, 2.45) is 0 Å². The van der Waals surface area contributed by atoms with Gasteiger partial charge in [0.1, 0.15) is 0 Å². The van der Waals surface area contributed by atoms with E-state index in [1.807, 2.05) is 6.92 Å². The summed E-state index contributed by atoms with van der Waals surface area (Å²) in [7, 11) is 1.29. The molecule has 1 aromatic carbocycles. The minimum atomic E-state index is -0.719. The fraction of sp³-hybridized carbons (Fsp3) is 0.500. The average molecular weight is 272 g/mol. The molecule has 1 rings (SSSR count). The number of hydrogen-bond donors (Lipinski definition) is 2. The number of nitro benzene ring substituents is 1. The Labute approximate surface area is 110 Å². The largest absolute Gasteiger partial charge is 0.490 e. The summed E-state index contributed by atoms with van der Waals surface area (Å²) < 4.78 is 18.7. The van der Waals surface area contributed by atoms with Crippen molar-refractivity contribution in [3.05, 3.63) is 28.1 Å². The number of hydrogen-bond acceptors (Lipinski definition) is 5. The number of ether oxygens (including phenoxy) is 1. The van der Waals surface area contributed by atoms with Crippen molar-refractivity contribution in [3.63, 3.8) is 0 Å². The maximum atomic E-state index is 13.8. The fourth-order valence-corrected chi connectivity index (χ4v) is 1.71. The first-order valence-corrected chi connectivity index (χ1v) is 5.92. The molecule has 0 saturated heterocycles. The highest BCUT2D eigenvalue weighted by molar-refractivity contribution is 5.59. The summed E-state index contributed by atoms with van der Waals surface area (Å²) in [4.78, 5) is 10.0. The molecule has 1 aromatic rings. The third-order valence-electron chi connectivity index (χ3n) is 2.80. The van der Waals surface area contributed by atoms with E-state index in [0.717, 1.165) is 6.07 Å². The van der Waals surface area contributed by atoms with Crippen LogP contribution >= 0.6 is 0 Å². The van der Waals surface area contributed by atoms with Crippen LogP contribution in [0.25, 0.3) is 0 Å². The van der Waals surface area contributed by atoms with Gasteiger partial charge in [0.2, 0.25) is 0 Å². The summed E-state index contributed by atoms with van der Waals surface area (Å²) in [5.74, 6) is -0.725. The standard InChI is InChI=1S/C12H17FN2O4/c1-3-8(4-5-16)14-10-7-12(19-2)11(15(17)18)6-9(10)13/h6-8,14,16H,3-5H2,1-2H3. The maximum absolute atomic E-state index is 13.8. The number of benzene rings is 1. The quantitative estimate of drug-likeness (QED) is 0.587. The zero-order valence-corrected chi connectivity index (χ0v) is 10.9. The number of methoxy groups -OCH3 is 1. The Morgan fingerprint density at radius 2 is 2.26 bits per heavy atom. The lowest BCUT2D eigenvalue weighted by Gasteiger charge is -2.18. The summed E-state index contributed by atoms with van der Waals surface area (Å²) in [5, 5.41) is 22.5. The van der Waals surface area contributed by atoms with Crippen LogP contribution in [0.5, 0.6) is 5.75 Å². The summed E-state index contributed by atoms with van der Waals surface area (Å²) in [6.07, 6.45) is 1.16. The Hall–Kier alpha value is -1.89. The van der Waals surface area contributed by atoms with Gasteiger partial charge in [-0.3, -0.25) is 10.1 Å². The van der Waals surface area contributed by atoms with Crippen LogP contribution < -0.4 is 10.1 Å². The van der Waals surface area contributed by atoms with Gasteiger partial charge >= 0.3 is 5.69 Å². The predicted molar refractivity (Wildman–Crippen MR) is 69.0 cm³/mol. The summed E-state index contributed by atoms with van der Waals surface area (Å²) in [6.45, 7) is 1.88. The van der Waals surface area contributed by atoms with Gasteiger partial charge in [0.15, 0.2) is 11.6 Å². The van der Waals surface area contributed by atoms with E-state index >= 15 is 0 Å². The highest BCUT2D eigenvalue weighted by Gasteiger charge is 2.20. The first kappa shape index (κ1) is 15.2. The molecule has 106 valence electrons. The lowest BCUT2D eigenvalue weighted by Crippen LogP contribution is -2.20. The van der Waals surface area contributed by atoms with E-state index in [1.165, 1.54) is 13.2 Å². The SMILES string of the molecule is CCC(CCO)Nc1cc(OC)c([N+](=O)[O-])cc1F. The molecule has 7 heteroatoms. The van der Waals surface area contributed by atoms with Gasteiger partial charge in [-0.25, -0.2) is 4.39 Å². The normalized spacial score (nSPS) is 12.0. The molecule has 6 nitrogen and oxygen atoms in total. The van der Waals surface area contributed by atoms with Crippen molar-refractivity contribution in [2.75, 3.05) is 19.0 Å². The van der Waals surface area contributed by atoms with E-state index in [0.29, 0.717) is 12.8 Å². The molecule has 0 fully saturated rings. The zero-order valence-electron chi connectivity index (χ0n) is 10.9. The Kier molecular flexibility index (Phi) is 5.50. The Morgan fingerprint density at radius 3 is 2.74 bits per heavy atom. The van der Waals surface area contributed by atoms with E-state index in [1.54, 1.807) is 0 Å². The molecular weight excluding hydrogens is 255 g/mol. The number of nitrogens with one attached hydrogen (secondary N) is 1. The highest BCUT2D eigenvalue weighted by Crippen LogP contribution is 2.32. The molecule has 1 atom stereocenters. The topological polar surface area (TPSA) is 84.6 Å². The van der Waals surface area contributed by atoms with Crippen molar-refractivity contribution < 1.29 is 19.2 Å². The van der Waals surface area contributed by atoms with E-state index in [4.69, 9.17) is 9.84 Å². The van der Waals surface area contributed by atoms with Crippen LogP contribution in [0.2, 0.25) is 0 Å². The summed E-state index contributed by atoms with van der Waals surface area (Å²) in [6, 6.07) is 1.98. The van der Waals surface area contributed by atoms with Gasteiger partial charge in [0, 0.05) is 18.7 Å². The van der Waals surface area contributed by atoms with Crippen LogP contribution in [-0.4, -0.2) is 29.8 Å². The summed E-state index contributed by atoms with van der Waals surface area (Å²) in [5.41, 5.74) is -0.288. The van der Waals surface area contributed by atoms with Crippen LogP contribution in [-0.2, 0) is 0 Å². The smallest absolute Gasteiger partial charge is 0.313 e. The van der Waals surface area contributed by atoms with Gasteiger partial charge in [-0.05, 0) is 12.8 Å². The number of anilines is 1. The van der Waals surface area contributed by atoms with Gasteiger partial charge in [-0.2, -0.15) is 0 Å². The first-order valence-electron chi connectivity index (χ1n) is 5.92. The molecule has 0 aliphatic carbocycles. The third-order valence-corrected chi connectivity index (χ3v) is 2.80. The van der Waals surface area contributed by atoms with E-state index < -0.39 is 16.4 Å². The van der Waals surface area contributed by atoms with Gasteiger partial charge in [-0.1, -0.05) is 6.92 Å².